The van der Waals surface area contributed by atoms with E-state index in [0.29, 0.717) is 37.6 Å². The molecular formula is C18H21FN2O3S. The summed E-state index contributed by atoms with van der Waals surface area (Å²) in [6.45, 7) is 3.62. The lowest BCUT2D eigenvalue weighted by Crippen LogP contribution is -2.48. The number of sulfonamides is 1. The first-order chi connectivity index (χ1) is 12.0. The van der Waals surface area contributed by atoms with Gasteiger partial charge in [0, 0.05) is 25.7 Å². The molecule has 0 saturated carbocycles. The number of ether oxygens (including phenoxy) is 1. The first-order valence-electron chi connectivity index (χ1n) is 8.23. The Kier molecular flexibility index (Phi) is 5.36. The van der Waals surface area contributed by atoms with E-state index in [1.54, 1.807) is 30.3 Å². The van der Waals surface area contributed by atoms with E-state index in [2.05, 4.69) is 5.32 Å². The fourth-order valence-corrected chi connectivity index (χ4v) is 4.65. The number of nitrogens with zero attached hydrogens (tertiary/aromatic N) is 1. The van der Waals surface area contributed by atoms with Crippen molar-refractivity contribution in [2.24, 2.45) is 0 Å². The number of hydrogen-bond donors (Lipinski definition) is 1. The van der Waals surface area contributed by atoms with Gasteiger partial charge < -0.3 is 10.1 Å². The molecule has 1 atom stereocenters. The zero-order chi connectivity index (χ0) is 17.9. The first kappa shape index (κ1) is 17.8. The van der Waals surface area contributed by atoms with Gasteiger partial charge in [0.2, 0.25) is 10.0 Å². The van der Waals surface area contributed by atoms with E-state index < -0.39 is 16.1 Å². The number of benzene rings is 2. The summed E-state index contributed by atoms with van der Waals surface area (Å²) in [4.78, 5) is 0.182. The van der Waals surface area contributed by atoms with Gasteiger partial charge in [0.1, 0.15) is 11.6 Å². The zero-order valence-electron chi connectivity index (χ0n) is 14.0. The summed E-state index contributed by atoms with van der Waals surface area (Å²) in [6, 6.07) is 12.1. The molecule has 0 aromatic heterocycles. The predicted octanol–water partition coefficient (Wildman–Crippen LogP) is 2.56. The average Bonchev–Trinajstić information content (AvgIpc) is 2.62. The van der Waals surface area contributed by atoms with Gasteiger partial charge in [0.05, 0.1) is 17.5 Å². The molecule has 1 saturated heterocycles. The fraction of sp³-hybridized carbons (Fsp3) is 0.333. The van der Waals surface area contributed by atoms with Gasteiger partial charge in [0.15, 0.2) is 0 Å². The summed E-state index contributed by atoms with van der Waals surface area (Å²) in [5.74, 6) is 0.139. The fourth-order valence-electron chi connectivity index (χ4n) is 3.00. The van der Waals surface area contributed by atoms with Crippen LogP contribution in [0.25, 0.3) is 0 Å². The van der Waals surface area contributed by atoms with Crippen LogP contribution in [0.4, 0.5) is 4.39 Å². The molecule has 7 heteroatoms. The van der Waals surface area contributed by atoms with Crippen LogP contribution in [0.2, 0.25) is 0 Å². The SMILES string of the molecule is CCOc1cccc(S(=O)(=O)N2CCNCC2c2cccc(F)c2)c1. The summed E-state index contributed by atoms with van der Waals surface area (Å²) in [5.41, 5.74) is 0.636. The first-order valence-corrected chi connectivity index (χ1v) is 9.67. The second kappa shape index (κ2) is 7.51. The Hall–Kier alpha value is -1.96. The van der Waals surface area contributed by atoms with E-state index >= 15 is 0 Å². The van der Waals surface area contributed by atoms with Crippen LogP contribution in [0.15, 0.2) is 53.4 Å². The van der Waals surface area contributed by atoms with Crippen molar-refractivity contribution in [2.75, 3.05) is 26.2 Å². The average molecular weight is 364 g/mol. The Balaban J connectivity index is 1.97. The van der Waals surface area contributed by atoms with Crippen molar-refractivity contribution in [2.45, 2.75) is 17.9 Å². The molecule has 25 heavy (non-hydrogen) atoms. The lowest BCUT2D eigenvalue weighted by Gasteiger charge is -2.35. The van der Waals surface area contributed by atoms with Gasteiger partial charge in [-0.05, 0) is 36.8 Å². The minimum absolute atomic E-state index is 0.182. The summed E-state index contributed by atoms with van der Waals surface area (Å²) in [5, 5.41) is 3.18. The number of nitrogens with one attached hydrogen (secondary N) is 1. The normalized spacial score (nSPS) is 18.9. The molecule has 134 valence electrons. The highest BCUT2D eigenvalue weighted by Gasteiger charge is 2.34. The molecular weight excluding hydrogens is 343 g/mol. The second-order valence-electron chi connectivity index (χ2n) is 5.80. The molecule has 2 aromatic rings. The molecule has 1 N–H and O–H groups in total. The molecule has 5 nitrogen and oxygen atoms in total. The standard InChI is InChI=1S/C18H21FN2O3S/c1-2-24-16-7-4-8-17(12-16)25(22,23)21-10-9-20-13-18(21)14-5-3-6-15(19)11-14/h3-8,11-12,18,20H,2,9-10,13H2,1H3. The van der Waals surface area contributed by atoms with Crippen molar-refractivity contribution < 1.29 is 17.5 Å². The molecule has 0 spiro atoms. The Morgan fingerprint density at radius 2 is 2.04 bits per heavy atom. The van der Waals surface area contributed by atoms with Gasteiger partial charge in [0.25, 0.3) is 0 Å². The third-order valence-electron chi connectivity index (χ3n) is 4.15. The van der Waals surface area contributed by atoms with Gasteiger partial charge in [-0.15, -0.1) is 0 Å². The van der Waals surface area contributed by atoms with Crippen molar-refractivity contribution >= 4 is 10.0 Å². The van der Waals surface area contributed by atoms with Gasteiger partial charge >= 0.3 is 0 Å². The van der Waals surface area contributed by atoms with Crippen LogP contribution in [0.1, 0.15) is 18.5 Å². The van der Waals surface area contributed by atoms with Crippen molar-refractivity contribution in [3.05, 3.63) is 59.9 Å². The Bertz CT molecular complexity index is 842. The topological polar surface area (TPSA) is 58.6 Å². The second-order valence-corrected chi connectivity index (χ2v) is 7.69. The van der Waals surface area contributed by atoms with Gasteiger partial charge in [-0.1, -0.05) is 18.2 Å². The molecule has 0 bridgehead atoms. The largest absolute Gasteiger partial charge is 0.494 e. The van der Waals surface area contributed by atoms with Crippen LogP contribution in [0.3, 0.4) is 0 Å². The summed E-state index contributed by atoms with van der Waals surface area (Å²) in [6.07, 6.45) is 0. The zero-order valence-corrected chi connectivity index (χ0v) is 14.8. The molecule has 1 aliphatic rings. The quantitative estimate of drug-likeness (QED) is 0.886. The predicted molar refractivity (Wildman–Crippen MR) is 93.5 cm³/mol. The Morgan fingerprint density at radius 1 is 1.24 bits per heavy atom. The molecule has 1 aliphatic heterocycles. The van der Waals surface area contributed by atoms with E-state index in [0.717, 1.165) is 0 Å². The molecule has 1 fully saturated rings. The third kappa shape index (κ3) is 3.84. The molecule has 2 aromatic carbocycles. The Morgan fingerprint density at radius 3 is 2.80 bits per heavy atom. The molecule has 0 amide bonds. The molecule has 0 radical (unpaired) electrons. The molecule has 0 aliphatic carbocycles. The van der Waals surface area contributed by atoms with Gasteiger partial charge in [-0.3, -0.25) is 0 Å². The smallest absolute Gasteiger partial charge is 0.243 e. The maximum atomic E-state index is 13.6. The van der Waals surface area contributed by atoms with Crippen molar-refractivity contribution in [3.63, 3.8) is 0 Å². The highest BCUT2D eigenvalue weighted by Crippen LogP contribution is 2.30. The summed E-state index contributed by atoms with van der Waals surface area (Å²) >= 11 is 0. The number of hydrogen-bond acceptors (Lipinski definition) is 4. The van der Waals surface area contributed by atoms with Crippen LogP contribution in [-0.2, 0) is 10.0 Å². The lowest BCUT2D eigenvalue weighted by atomic mass is 10.1. The number of piperazine rings is 1. The third-order valence-corrected chi connectivity index (χ3v) is 6.05. The van der Waals surface area contributed by atoms with Crippen molar-refractivity contribution in [1.29, 1.82) is 0 Å². The minimum atomic E-state index is -3.72. The van der Waals surface area contributed by atoms with Crippen molar-refractivity contribution in [1.82, 2.24) is 9.62 Å². The minimum Gasteiger partial charge on any atom is -0.494 e. The molecule has 3 rings (SSSR count). The van der Waals surface area contributed by atoms with Gasteiger partial charge in [-0.25, -0.2) is 12.8 Å². The van der Waals surface area contributed by atoms with Crippen LogP contribution in [0.5, 0.6) is 5.75 Å². The molecule has 1 unspecified atom stereocenters. The van der Waals surface area contributed by atoms with Crippen LogP contribution >= 0.6 is 0 Å². The van der Waals surface area contributed by atoms with Gasteiger partial charge in [-0.2, -0.15) is 4.31 Å². The summed E-state index contributed by atoms with van der Waals surface area (Å²) in [7, 11) is -3.72. The molecule has 1 heterocycles. The highest BCUT2D eigenvalue weighted by molar-refractivity contribution is 7.89. The van der Waals surface area contributed by atoms with Crippen molar-refractivity contribution in [3.8, 4) is 5.75 Å². The highest BCUT2D eigenvalue weighted by atomic mass is 32.2. The number of rotatable bonds is 5. The summed E-state index contributed by atoms with van der Waals surface area (Å²) < 4.78 is 46.8. The van der Waals surface area contributed by atoms with Crippen LogP contribution in [0, 0.1) is 5.82 Å². The van der Waals surface area contributed by atoms with E-state index in [1.807, 2.05) is 6.92 Å². The van der Waals surface area contributed by atoms with E-state index in [1.165, 1.54) is 22.5 Å². The maximum absolute atomic E-state index is 13.6. The monoisotopic (exact) mass is 364 g/mol. The lowest BCUT2D eigenvalue weighted by molar-refractivity contribution is 0.270. The van der Waals surface area contributed by atoms with Crippen LogP contribution in [-0.4, -0.2) is 39.0 Å². The van der Waals surface area contributed by atoms with E-state index in [9.17, 15) is 12.8 Å². The number of halogens is 1. The Labute approximate surface area is 147 Å². The van der Waals surface area contributed by atoms with E-state index in [4.69, 9.17) is 4.74 Å². The van der Waals surface area contributed by atoms with Crippen LogP contribution < -0.4 is 10.1 Å². The van der Waals surface area contributed by atoms with E-state index in [-0.39, 0.29) is 10.7 Å². The maximum Gasteiger partial charge on any atom is 0.243 e.